The Morgan fingerprint density at radius 3 is 2.60 bits per heavy atom. The van der Waals surface area contributed by atoms with Crippen LogP contribution in [-0.2, 0) is 11.3 Å². The number of ether oxygens (including phenoxy) is 1. The van der Waals surface area contributed by atoms with E-state index in [1.165, 1.54) is 0 Å². The summed E-state index contributed by atoms with van der Waals surface area (Å²) in [5.41, 5.74) is 1.83. The van der Waals surface area contributed by atoms with Crippen LogP contribution in [0.3, 0.4) is 0 Å². The maximum absolute atomic E-state index is 12.4. The predicted molar refractivity (Wildman–Crippen MR) is 114 cm³/mol. The summed E-state index contributed by atoms with van der Waals surface area (Å²) in [6.07, 6.45) is 6.37. The molecule has 2 aromatic rings. The van der Waals surface area contributed by atoms with Crippen LogP contribution < -0.4 is 10.4 Å². The minimum atomic E-state index is -0.670. The highest BCUT2D eigenvalue weighted by Gasteiger charge is 2.23. The lowest BCUT2D eigenvalue weighted by Crippen LogP contribution is -2.36. The van der Waals surface area contributed by atoms with Crippen molar-refractivity contribution in [2.24, 2.45) is 5.92 Å². The van der Waals surface area contributed by atoms with E-state index in [2.05, 4.69) is 26.8 Å². The number of piperidine rings is 1. The molecule has 0 aromatic carbocycles. The quantitative estimate of drug-likeness (QED) is 0.538. The second kappa shape index (κ2) is 10.6. The van der Waals surface area contributed by atoms with Crippen LogP contribution in [0.4, 0.5) is 0 Å². The van der Waals surface area contributed by atoms with Crippen molar-refractivity contribution in [3.05, 3.63) is 16.2 Å². The molecule has 0 unspecified atom stereocenters. The predicted octanol–water partition coefficient (Wildman–Crippen LogP) is 2.57. The van der Waals surface area contributed by atoms with Gasteiger partial charge in [-0.25, -0.2) is 4.79 Å². The van der Waals surface area contributed by atoms with Crippen LogP contribution in [0.25, 0.3) is 11.2 Å². The van der Waals surface area contributed by atoms with Gasteiger partial charge in [-0.3, -0.25) is 9.36 Å². The number of nitrogens with one attached hydrogen (secondary N) is 1. The molecule has 1 fully saturated rings. The molecule has 30 heavy (non-hydrogen) atoms. The van der Waals surface area contributed by atoms with Crippen LogP contribution in [-0.4, -0.2) is 61.7 Å². The molecule has 0 atom stereocenters. The number of carbonyl (C=O) groups is 1. The van der Waals surface area contributed by atoms with Gasteiger partial charge < -0.3 is 19.7 Å². The largest absolute Gasteiger partial charge is 0.481 e. The molecule has 0 saturated carbocycles. The second-order valence-corrected chi connectivity index (χ2v) is 8.09. The molecule has 1 aliphatic rings. The normalized spacial score (nSPS) is 15.7. The first kappa shape index (κ1) is 22.3. The highest BCUT2D eigenvalue weighted by molar-refractivity contribution is 5.73. The van der Waals surface area contributed by atoms with E-state index >= 15 is 0 Å². The fraction of sp³-hybridized carbons (Fsp3) is 0.714. The summed E-state index contributed by atoms with van der Waals surface area (Å²) in [7, 11) is 0. The third-order valence-electron chi connectivity index (χ3n) is 5.80. The van der Waals surface area contributed by atoms with Gasteiger partial charge in [0.25, 0.3) is 0 Å². The summed E-state index contributed by atoms with van der Waals surface area (Å²) < 4.78 is 7.31. The van der Waals surface area contributed by atoms with Gasteiger partial charge >= 0.3 is 17.7 Å². The third kappa shape index (κ3) is 5.59. The molecule has 9 heteroatoms. The average molecular weight is 420 g/mol. The number of hydrogen-bond acceptors (Lipinski definition) is 6. The molecular formula is C21H33N5O4. The highest BCUT2D eigenvalue weighted by Crippen LogP contribution is 2.18. The zero-order chi connectivity index (χ0) is 21.5. The van der Waals surface area contributed by atoms with Crippen molar-refractivity contribution in [3.63, 3.8) is 0 Å². The van der Waals surface area contributed by atoms with E-state index in [1.807, 2.05) is 6.92 Å². The van der Waals surface area contributed by atoms with Crippen LogP contribution in [0.15, 0.2) is 4.79 Å². The van der Waals surface area contributed by atoms with Crippen molar-refractivity contribution >= 4 is 17.1 Å². The topological polar surface area (TPSA) is 113 Å². The zero-order valence-corrected chi connectivity index (χ0v) is 18.0. The number of fused-ring (bicyclic) bond motifs is 1. The third-order valence-corrected chi connectivity index (χ3v) is 5.80. The fourth-order valence-corrected chi connectivity index (χ4v) is 3.91. The van der Waals surface area contributed by atoms with Gasteiger partial charge in [0.05, 0.1) is 18.2 Å². The van der Waals surface area contributed by atoms with Gasteiger partial charge in [0.15, 0.2) is 5.65 Å². The Morgan fingerprint density at radius 1 is 1.17 bits per heavy atom. The van der Waals surface area contributed by atoms with E-state index in [9.17, 15) is 9.59 Å². The molecule has 166 valence electrons. The zero-order valence-electron chi connectivity index (χ0n) is 18.0. The van der Waals surface area contributed by atoms with Crippen LogP contribution >= 0.6 is 0 Å². The number of aryl methyl sites for hydroxylation is 2. The minimum Gasteiger partial charge on any atom is -0.481 e. The van der Waals surface area contributed by atoms with Crippen LogP contribution in [0, 0.1) is 12.8 Å². The second-order valence-electron chi connectivity index (χ2n) is 8.09. The molecule has 2 N–H and O–H groups in total. The maximum Gasteiger partial charge on any atom is 0.327 e. The van der Waals surface area contributed by atoms with Gasteiger partial charge in [-0.05, 0) is 58.7 Å². The Hall–Kier alpha value is -2.42. The van der Waals surface area contributed by atoms with Gasteiger partial charge in [-0.1, -0.05) is 19.8 Å². The Balaban J connectivity index is 1.50. The van der Waals surface area contributed by atoms with Gasteiger partial charge in [0, 0.05) is 6.54 Å². The number of carboxylic acid groups (broad SMARTS) is 1. The molecule has 3 rings (SSSR count). The number of hydrogen-bond donors (Lipinski definition) is 2. The summed E-state index contributed by atoms with van der Waals surface area (Å²) in [6.45, 7) is 7.81. The van der Waals surface area contributed by atoms with Crippen molar-refractivity contribution in [1.29, 1.82) is 0 Å². The Kier molecular flexibility index (Phi) is 7.84. The Bertz CT molecular complexity index is 899. The fourth-order valence-electron chi connectivity index (χ4n) is 3.91. The average Bonchev–Trinajstić information content (AvgIpc) is 3.04. The standard InChI is InChI=1S/C21H33N5O4/c1-3-4-14-30-20-22-15(2)17-18(24-20)26(21(29)23-17)11-7-5-6-10-25-12-8-16(9-13-25)19(27)28/h16H,3-14H2,1-2H3,(H,23,29)(H,27,28). The van der Waals surface area contributed by atoms with E-state index in [4.69, 9.17) is 9.84 Å². The summed E-state index contributed by atoms with van der Waals surface area (Å²) >= 11 is 0. The summed E-state index contributed by atoms with van der Waals surface area (Å²) in [4.78, 5) is 37.5. The summed E-state index contributed by atoms with van der Waals surface area (Å²) in [6, 6.07) is 0.325. The molecule has 0 amide bonds. The molecular weight excluding hydrogens is 386 g/mol. The molecule has 0 aliphatic carbocycles. The number of imidazole rings is 1. The SMILES string of the molecule is CCCCOc1nc(C)c2[nH]c(=O)n(CCCCCN3CCC(C(=O)O)CC3)c2n1. The van der Waals surface area contributed by atoms with Crippen LogP contribution in [0.1, 0.15) is 57.6 Å². The first-order valence-electron chi connectivity index (χ1n) is 11.0. The first-order valence-corrected chi connectivity index (χ1v) is 11.0. The molecule has 1 aliphatic heterocycles. The first-order chi connectivity index (χ1) is 14.5. The molecule has 3 heterocycles. The molecule has 2 aromatic heterocycles. The monoisotopic (exact) mass is 419 g/mol. The molecule has 1 saturated heterocycles. The lowest BCUT2D eigenvalue weighted by molar-refractivity contribution is -0.143. The molecule has 0 spiro atoms. The number of aromatic nitrogens is 4. The lowest BCUT2D eigenvalue weighted by Gasteiger charge is -2.29. The van der Waals surface area contributed by atoms with Crippen molar-refractivity contribution in [1.82, 2.24) is 24.4 Å². The van der Waals surface area contributed by atoms with E-state index in [0.29, 0.717) is 36.0 Å². The number of H-pyrrole nitrogens is 1. The number of aromatic amines is 1. The van der Waals surface area contributed by atoms with E-state index in [1.54, 1.807) is 4.57 Å². The number of rotatable bonds is 11. The smallest absolute Gasteiger partial charge is 0.327 e. The number of nitrogens with zero attached hydrogens (tertiary/aromatic N) is 4. The van der Waals surface area contributed by atoms with E-state index in [-0.39, 0.29) is 11.6 Å². The van der Waals surface area contributed by atoms with Crippen LogP contribution in [0.5, 0.6) is 6.01 Å². The Morgan fingerprint density at radius 2 is 1.90 bits per heavy atom. The summed E-state index contributed by atoms with van der Waals surface area (Å²) in [5.74, 6) is -0.854. The molecule has 9 nitrogen and oxygen atoms in total. The Labute approximate surface area is 176 Å². The lowest BCUT2D eigenvalue weighted by atomic mass is 9.97. The van der Waals surface area contributed by atoms with Crippen LogP contribution in [0.2, 0.25) is 0 Å². The molecule has 0 radical (unpaired) electrons. The van der Waals surface area contributed by atoms with Gasteiger partial charge in [0.1, 0.15) is 5.52 Å². The van der Waals surface area contributed by atoms with E-state index < -0.39 is 5.97 Å². The van der Waals surface area contributed by atoms with Gasteiger partial charge in [-0.2, -0.15) is 9.97 Å². The summed E-state index contributed by atoms with van der Waals surface area (Å²) in [5, 5.41) is 9.08. The van der Waals surface area contributed by atoms with Gasteiger partial charge in [-0.15, -0.1) is 0 Å². The molecule has 0 bridgehead atoms. The maximum atomic E-state index is 12.4. The number of aliphatic carboxylic acids is 1. The van der Waals surface area contributed by atoms with Crippen molar-refractivity contribution in [2.45, 2.75) is 65.3 Å². The highest BCUT2D eigenvalue weighted by atomic mass is 16.5. The minimum absolute atomic E-state index is 0.163. The van der Waals surface area contributed by atoms with Gasteiger partial charge in [0.2, 0.25) is 0 Å². The number of carboxylic acids is 1. The van der Waals surface area contributed by atoms with E-state index in [0.717, 1.165) is 64.6 Å². The number of likely N-dealkylation sites (tertiary alicyclic amines) is 1. The van der Waals surface area contributed by atoms with Crippen molar-refractivity contribution in [2.75, 3.05) is 26.2 Å². The number of unbranched alkanes of at least 4 members (excludes halogenated alkanes) is 3. The van der Waals surface area contributed by atoms with Crippen molar-refractivity contribution < 1.29 is 14.6 Å². The van der Waals surface area contributed by atoms with Crippen molar-refractivity contribution in [3.8, 4) is 6.01 Å².